The molecule has 0 unspecified atom stereocenters. The summed E-state index contributed by atoms with van der Waals surface area (Å²) < 4.78 is 1.77. The minimum Gasteiger partial charge on any atom is -0.396 e. The predicted molar refractivity (Wildman–Crippen MR) is 72.8 cm³/mol. The monoisotopic (exact) mass is 265 g/mol. The molecule has 5 nitrogen and oxygen atoms in total. The zero-order valence-corrected chi connectivity index (χ0v) is 11.8. The van der Waals surface area contributed by atoms with Crippen LogP contribution in [-0.4, -0.2) is 44.9 Å². The predicted octanol–water partition coefficient (Wildman–Crippen LogP) is 1.26. The summed E-state index contributed by atoms with van der Waals surface area (Å²) in [6.07, 6.45) is 4.04. The Labute approximate surface area is 114 Å². The lowest BCUT2D eigenvalue weighted by Crippen LogP contribution is -2.46. The van der Waals surface area contributed by atoms with Crippen LogP contribution in [0.3, 0.4) is 0 Å². The van der Waals surface area contributed by atoms with Gasteiger partial charge in [0.15, 0.2) is 0 Å². The highest BCUT2D eigenvalue weighted by molar-refractivity contribution is 5.76. The van der Waals surface area contributed by atoms with Crippen molar-refractivity contribution in [2.24, 2.45) is 0 Å². The molecule has 0 aromatic carbocycles. The maximum atomic E-state index is 12.4. The number of hydrogen-bond acceptors (Lipinski definition) is 3. The van der Waals surface area contributed by atoms with Crippen LogP contribution in [0.15, 0.2) is 6.07 Å². The number of aliphatic hydroxyl groups is 1. The summed E-state index contributed by atoms with van der Waals surface area (Å²) >= 11 is 0. The smallest absolute Gasteiger partial charge is 0.244 e. The maximum absolute atomic E-state index is 12.4. The van der Waals surface area contributed by atoms with E-state index in [4.69, 9.17) is 5.11 Å². The molecule has 0 atom stereocenters. The van der Waals surface area contributed by atoms with E-state index in [9.17, 15) is 4.79 Å². The van der Waals surface area contributed by atoms with E-state index < -0.39 is 0 Å². The fourth-order valence-electron chi connectivity index (χ4n) is 2.50. The van der Waals surface area contributed by atoms with E-state index in [1.165, 1.54) is 6.42 Å². The van der Waals surface area contributed by atoms with Gasteiger partial charge in [0.2, 0.25) is 5.91 Å². The van der Waals surface area contributed by atoms with E-state index in [2.05, 4.69) is 5.10 Å². The first-order chi connectivity index (χ1) is 9.11. The van der Waals surface area contributed by atoms with Gasteiger partial charge >= 0.3 is 0 Å². The number of rotatable bonds is 6. The number of aliphatic hydroxyl groups excluding tert-OH is 1. The van der Waals surface area contributed by atoms with Gasteiger partial charge in [-0.05, 0) is 45.6 Å². The van der Waals surface area contributed by atoms with Crippen LogP contribution in [-0.2, 0) is 11.3 Å². The van der Waals surface area contributed by atoms with Crippen LogP contribution < -0.4 is 0 Å². The van der Waals surface area contributed by atoms with Crippen LogP contribution in [0.1, 0.15) is 37.1 Å². The van der Waals surface area contributed by atoms with Gasteiger partial charge in [-0.2, -0.15) is 5.10 Å². The van der Waals surface area contributed by atoms with Crippen molar-refractivity contribution in [2.75, 3.05) is 13.2 Å². The number of nitrogens with zero attached hydrogens (tertiary/aromatic N) is 3. The molecular weight excluding hydrogens is 242 g/mol. The van der Waals surface area contributed by atoms with Gasteiger partial charge in [-0.25, -0.2) is 0 Å². The second-order valence-corrected chi connectivity index (χ2v) is 5.33. The third-order valence-corrected chi connectivity index (χ3v) is 3.78. The third kappa shape index (κ3) is 3.35. The Balaban J connectivity index is 2.00. The van der Waals surface area contributed by atoms with Crippen LogP contribution in [0.4, 0.5) is 0 Å². The van der Waals surface area contributed by atoms with Crippen LogP contribution in [0.2, 0.25) is 0 Å². The summed E-state index contributed by atoms with van der Waals surface area (Å²) in [7, 11) is 0. The molecule has 1 aromatic rings. The minimum atomic E-state index is 0.115. The lowest BCUT2D eigenvalue weighted by Gasteiger charge is -2.37. The average molecular weight is 265 g/mol. The summed E-state index contributed by atoms with van der Waals surface area (Å²) in [5.74, 6) is 0.115. The molecular formula is C14H23N3O2. The maximum Gasteiger partial charge on any atom is 0.244 e. The first-order valence-corrected chi connectivity index (χ1v) is 7.03. The zero-order valence-electron chi connectivity index (χ0n) is 11.8. The van der Waals surface area contributed by atoms with Gasteiger partial charge in [-0.3, -0.25) is 9.48 Å². The second kappa shape index (κ2) is 6.19. The van der Waals surface area contributed by atoms with Crippen molar-refractivity contribution in [2.45, 2.75) is 52.1 Å². The quantitative estimate of drug-likeness (QED) is 0.842. The number of aromatic nitrogens is 2. The second-order valence-electron chi connectivity index (χ2n) is 5.33. The van der Waals surface area contributed by atoms with Crippen molar-refractivity contribution >= 4 is 5.91 Å². The number of amides is 1. The number of hydrogen-bond donors (Lipinski definition) is 1. The van der Waals surface area contributed by atoms with Crippen molar-refractivity contribution in [1.82, 2.24) is 14.7 Å². The highest BCUT2D eigenvalue weighted by atomic mass is 16.3. The lowest BCUT2D eigenvalue weighted by atomic mass is 9.91. The molecule has 0 radical (unpaired) electrons. The molecule has 1 heterocycles. The van der Waals surface area contributed by atoms with Crippen LogP contribution in [0.25, 0.3) is 0 Å². The molecule has 1 amide bonds. The highest BCUT2D eigenvalue weighted by Crippen LogP contribution is 2.25. The first-order valence-electron chi connectivity index (χ1n) is 7.03. The molecule has 0 saturated heterocycles. The molecule has 0 spiro atoms. The standard InChI is InChI=1S/C14H23N3O2/c1-11-9-12(2)17(15-11)10-14(19)16(7-4-8-18)13-5-3-6-13/h9,13,18H,3-8,10H2,1-2H3. The summed E-state index contributed by atoms with van der Waals surface area (Å²) in [4.78, 5) is 14.3. The van der Waals surface area contributed by atoms with Crippen molar-refractivity contribution in [3.05, 3.63) is 17.5 Å². The largest absolute Gasteiger partial charge is 0.396 e. The van der Waals surface area contributed by atoms with Gasteiger partial charge in [-0.15, -0.1) is 0 Å². The topological polar surface area (TPSA) is 58.4 Å². The van der Waals surface area contributed by atoms with Gasteiger partial charge in [0.05, 0.1) is 5.69 Å². The van der Waals surface area contributed by atoms with Crippen LogP contribution in [0, 0.1) is 13.8 Å². The Bertz CT molecular complexity index is 438. The Kier molecular flexibility index (Phi) is 4.58. The molecule has 1 saturated carbocycles. The number of aryl methyl sites for hydroxylation is 2. The van der Waals surface area contributed by atoms with E-state index in [1.807, 2.05) is 24.8 Å². The summed E-state index contributed by atoms with van der Waals surface area (Å²) in [6.45, 7) is 5.00. The number of carbonyl (C=O) groups is 1. The van der Waals surface area contributed by atoms with Gasteiger partial charge < -0.3 is 10.0 Å². The van der Waals surface area contributed by atoms with E-state index in [0.717, 1.165) is 24.2 Å². The Morgan fingerprint density at radius 3 is 2.74 bits per heavy atom. The van der Waals surface area contributed by atoms with Gasteiger partial charge in [0.25, 0.3) is 0 Å². The molecule has 1 N–H and O–H groups in total. The molecule has 1 aliphatic carbocycles. The van der Waals surface area contributed by atoms with E-state index in [-0.39, 0.29) is 12.5 Å². The zero-order chi connectivity index (χ0) is 13.8. The average Bonchev–Trinajstić information content (AvgIpc) is 2.60. The molecule has 1 aromatic heterocycles. The summed E-state index contributed by atoms with van der Waals surface area (Å²) in [5, 5.41) is 13.3. The highest BCUT2D eigenvalue weighted by Gasteiger charge is 2.28. The Morgan fingerprint density at radius 2 is 2.26 bits per heavy atom. The fraction of sp³-hybridized carbons (Fsp3) is 0.714. The number of carbonyl (C=O) groups excluding carboxylic acids is 1. The van der Waals surface area contributed by atoms with E-state index in [0.29, 0.717) is 25.6 Å². The molecule has 2 rings (SSSR count). The normalized spacial score (nSPS) is 15.3. The van der Waals surface area contributed by atoms with Gasteiger partial charge in [0.1, 0.15) is 6.54 Å². The molecule has 5 heteroatoms. The molecule has 0 aliphatic heterocycles. The minimum absolute atomic E-state index is 0.115. The van der Waals surface area contributed by atoms with Gasteiger partial charge in [0, 0.05) is 24.9 Å². The molecule has 19 heavy (non-hydrogen) atoms. The summed E-state index contributed by atoms with van der Waals surface area (Å²) in [6, 6.07) is 2.35. The third-order valence-electron chi connectivity index (χ3n) is 3.78. The molecule has 106 valence electrons. The SMILES string of the molecule is Cc1cc(C)n(CC(=O)N(CCCO)C2CCC2)n1. The van der Waals surface area contributed by atoms with E-state index in [1.54, 1.807) is 4.68 Å². The van der Waals surface area contributed by atoms with E-state index >= 15 is 0 Å². The Hall–Kier alpha value is -1.36. The first kappa shape index (κ1) is 14.1. The van der Waals surface area contributed by atoms with Gasteiger partial charge in [-0.1, -0.05) is 0 Å². The lowest BCUT2D eigenvalue weighted by molar-refractivity contribution is -0.136. The summed E-state index contributed by atoms with van der Waals surface area (Å²) in [5.41, 5.74) is 1.96. The molecule has 1 aliphatic rings. The van der Waals surface area contributed by atoms with Crippen molar-refractivity contribution in [3.8, 4) is 0 Å². The van der Waals surface area contributed by atoms with Crippen molar-refractivity contribution < 1.29 is 9.90 Å². The van der Waals surface area contributed by atoms with Crippen molar-refractivity contribution in [1.29, 1.82) is 0 Å². The van der Waals surface area contributed by atoms with Crippen LogP contribution >= 0.6 is 0 Å². The molecule has 1 fully saturated rings. The van der Waals surface area contributed by atoms with Crippen molar-refractivity contribution in [3.63, 3.8) is 0 Å². The fourth-order valence-corrected chi connectivity index (χ4v) is 2.50. The molecule has 0 bridgehead atoms. The Morgan fingerprint density at radius 1 is 1.53 bits per heavy atom. The van der Waals surface area contributed by atoms with Crippen LogP contribution in [0.5, 0.6) is 0 Å².